The lowest BCUT2D eigenvalue weighted by Crippen LogP contribution is -2.37. The Labute approximate surface area is 127 Å². The van der Waals surface area contributed by atoms with Gasteiger partial charge in [-0.3, -0.25) is 4.79 Å². The molecule has 0 heterocycles. The molecule has 3 N–H and O–H groups in total. The molecular formula is C12H11ClF6N2O. The minimum absolute atomic E-state index is 0. The molecule has 1 fully saturated rings. The van der Waals surface area contributed by atoms with Gasteiger partial charge in [-0.1, -0.05) is 0 Å². The predicted molar refractivity (Wildman–Crippen MR) is 68.5 cm³/mol. The van der Waals surface area contributed by atoms with Crippen LogP contribution in [-0.4, -0.2) is 11.4 Å². The van der Waals surface area contributed by atoms with Crippen molar-refractivity contribution in [1.82, 2.24) is 0 Å². The van der Waals surface area contributed by atoms with Gasteiger partial charge < -0.3 is 11.1 Å². The minimum Gasteiger partial charge on any atom is -0.324 e. The molecule has 0 spiro atoms. The average Bonchev–Trinajstić information content (AvgIpc) is 3.06. The molecule has 10 heteroatoms. The molecule has 124 valence electrons. The molecular weight excluding hydrogens is 338 g/mol. The normalized spacial score (nSPS) is 16.7. The van der Waals surface area contributed by atoms with Gasteiger partial charge >= 0.3 is 12.4 Å². The van der Waals surface area contributed by atoms with Gasteiger partial charge in [0.25, 0.3) is 0 Å². The third kappa shape index (κ3) is 4.04. The van der Waals surface area contributed by atoms with Gasteiger partial charge in [0, 0.05) is 5.69 Å². The van der Waals surface area contributed by atoms with Crippen molar-refractivity contribution in [3.8, 4) is 0 Å². The first-order valence-electron chi connectivity index (χ1n) is 5.82. The summed E-state index contributed by atoms with van der Waals surface area (Å²) in [5, 5.41) is 2.01. The molecule has 0 bridgehead atoms. The second-order valence-corrected chi connectivity index (χ2v) is 4.90. The maximum atomic E-state index is 12.6. The number of benzene rings is 1. The topological polar surface area (TPSA) is 55.1 Å². The van der Waals surface area contributed by atoms with Crippen LogP contribution >= 0.6 is 12.4 Å². The lowest BCUT2D eigenvalue weighted by atomic mass is 10.1. The van der Waals surface area contributed by atoms with Crippen LogP contribution in [0.3, 0.4) is 0 Å². The van der Waals surface area contributed by atoms with Crippen molar-refractivity contribution < 1.29 is 31.1 Å². The van der Waals surface area contributed by atoms with Gasteiger partial charge in [-0.15, -0.1) is 12.4 Å². The van der Waals surface area contributed by atoms with Crippen molar-refractivity contribution in [2.75, 3.05) is 5.32 Å². The van der Waals surface area contributed by atoms with Crippen LogP contribution in [0.4, 0.5) is 32.0 Å². The number of nitrogens with two attached hydrogens (primary N) is 1. The highest BCUT2D eigenvalue weighted by Gasteiger charge is 2.46. The number of halogens is 7. The van der Waals surface area contributed by atoms with Crippen molar-refractivity contribution in [1.29, 1.82) is 0 Å². The lowest BCUT2D eigenvalue weighted by molar-refractivity contribution is -0.143. The van der Waals surface area contributed by atoms with Gasteiger partial charge in [0.15, 0.2) is 0 Å². The van der Waals surface area contributed by atoms with Gasteiger partial charge in [0.05, 0.1) is 16.7 Å². The molecule has 0 radical (unpaired) electrons. The Morgan fingerprint density at radius 2 is 1.41 bits per heavy atom. The number of anilines is 1. The molecule has 1 aliphatic carbocycles. The predicted octanol–water partition coefficient (Wildman–Crippen LogP) is 3.58. The standard InChI is InChI=1S/C12H10F6N2O.ClH/c13-11(14,15)6-3-7(12(16,17)18)5-8(4-6)20-9(21)10(19)1-2-10;/h3-5H,1-2,19H2,(H,20,21);1H. The molecule has 1 aromatic rings. The van der Waals surface area contributed by atoms with E-state index in [4.69, 9.17) is 5.73 Å². The SMILES string of the molecule is Cl.NC1(C(=O)Nc2cc(C(F)(F)F)cc(C(F)(F)F)c2)CC1. The summed E-state index contributed by atoms with van der Waals surface area (Å²) in [6.07, 6.45) is -9.24. The molecule has 2 rings (SSSR count). The smallest absolute Gasteiger partial charge is 0.324 e. The zero-order valence-electron chi connectivity index (χ0n) is 10.8. The summed E-state index contributed by atoms with van der Waals surface area (Å²) in [6.45, 7) is 0. The summed E-state index contributed by atoms with van der Waals surface area (Å²) in [6, 6.07) is 0.878. The van der Waals surface area contributed by atoms with E-state index in [1.165, 1.54) is 0 Å². The largest absolute Gasteiger partial charge is 0.416 e. The van der Waals surface area contributed by atoms with Crippen LogP contribution in [0.5, 0.6) is 0 Å². The van der Waals surface area contributed by atoms with Crippen LogP contribution < -0.4 is 11.1 Å². The van der Waals surface area contributed by atoms with Gasteiger partial charge in [0.1, 0.15) is 0 Å². The maximum absolute atomic E-state index is 12.6. The molecule has 1 amide bonds. The Hall–Kier alpha value is -1.48. The van der Waals surface area contributed by atoms with Gasteiger partial charge in [-0.05, 0) is 31.0 Å². The third-order valence-electron chi connectivity index (χ3n) is 3.09. The van der Waals surface area contributed by atoms with E-state index < -0.39 is 40.6 Å². The average molecular weight is 349 g/mol. The van der Waals surface area contributed by atoms with E-state index in [0.717, 1.165) is 0 Å². The number of hydrogen-bond acceptors (Lipinski definition) is 2. The fourth-order valence-electron chi connectivity index (χ4n) is 1.64. The van der Waals surface area contributed by atoms with E-state index in [2.05, 4.69) is 0 Å². The summed E-state index contributed by atoms with van der Waals surface area (Å²) in [4.78, 5) is 11.6. The van der Waals surface area contributed by atoms with E-state index >= 15 is 0 Å². The van der Waals surface area contributed by atoms with E-state index in [1.807, 2.05) is 5.32 Å². The van der Waals surface area contributed by atoms with Crippen molar-refractivity contribution in [2.24, 2.45) is 5.73 Å². The highest BCUT2D eigenvalue weighted by Crippen LogP contribution is 2.38. The molecule has 0 aliphatic heterocycles. The van der Waals surface area contributed by atoms with Crippen LogP contribution in [-0.2, 0) is 17.1 Å². The Bertz CT molecular complexity index is 548. The van der Waals surface area contributed by atoms with Gasteiger partial charge in [-0.2, -0.15) is 26.3 Å². The van der Waals surface area contributed by atoms with Crippen LogP contribution in [0.1, 0.15) is 24.0 Å². The van der Waals surface area contributed by atoms with E-state index in [0.29, 0.717) is 25.0 Å². The number of rotatable bonds is 2. The van der Waals surface area contributed by atoms with Crippen molar-refractivity contribution >= 4 is 24.0 Å². The monoisotopic (exact) mass is 348 g/mol. The second-order valence-electron chi connectivity index (χ2n) is 4.90. The van der Waals surface area contributed by atoms with E-state index in [-0.39, 0.29) is 18.5 Å². The zero-order chi connectivity index (χ0) is 16.1. The second kappa shape index (κ2) is 5.62. The number of carbonyl (C=O) groups excluding carboxylic acids is 1. The molecule has 1 aliphatic rings. The maximum Gasteiger partial charge on any atom is 0.416 e. The zero-order valence-corrected chi connectivity index (χ0v) is 11.6. The molecule has 0 aromatic heterocycles. The fourth-order valence-corrected chi connectivity index (χ4v) is 1.64. The van der Waals surface area contributed by atoms with Crippen molar-refractivity contribution in [3.05, 3.63) is 29.3 Å². The fraction of sp³-hybridized carbons (Fsp3) is 0.417. The van der Waals surface area contributed by atoms with Crippen LogP contribution in [0, 0.1) is 0 Å². The summed E-state index contributed by atoms with van der Waals surface area (Å²) < 4.78 is 75.7. The van der Waals surface area contributed by atoms with E-state index in [1.54, 1.807) is 0 Å². The summed E-state index contributed by atoms with van der Waals surface area (Å²) in [5.74, 6) is -0.796. The Morgan fingerprint density at radius 1 is 1.00 bits per heavy atom. The molecule has 1 aromatic carbocycles. The third-order valence-corrected chi connectivity index (χ3v) is 3.09. The van der Waals surface area contributed by atoms with Crippen LogP contribution in [0.2, 0.25) is 0 Å². The Morgan fingerprint density at radius 3 is 1.73 bits per heavy atom. The molecule has 1 saturated carbocycles. The number of amides is 1. The Kier molecular flexibility index (Phi) is 4.74. The summed E-state index contributed by atoms with van der Waals surface area (Å²) >= 11 is 0. The summed E-state index contributed by atoms with van der Waals surface area (Å²) in [5.41, 5.74) is 0.761. The quantitative estimate of drug-likeness (QED) is 0.803. The van der Waals surface area contributed by atoms with Crippen molar-refractivity contribution in [3.63, 3.8) is 0 Å². The number of carbonyl (C=O) groups is 1. The highest BCUT2D eigenvalue weighted by molar-refractivity contribution is 6.00. The molecule has 0 atom stereocenters. The number of alkyl halides is 6. The number of hydrogen-bond donors (Lipinski definition) is 2. The molecule has 22 heavy (non-hydrogen) atoms. The minimum atomic E-state index is -4.96. The first-order chi connectivity index (χ1) is 9.42. The molecule has 0 saturated heterocycles. The van der Waals surface area contributed by atoms with Gasteiger partial charge in [-0.25, -0.2) is 0 Å². The Balaban J connectivity index is 0.00000242. The number of nitrogens with one attached hydrogen (secondary N) is 1. The van der Waals surface area contributed by atoms with Crippen molar-refractivity contribution in [2.45, 2.75) is 30.7 Å². The van der Waals surface area contributed by atoms with E-state index in [9.17, 15) is 31.1 Å². The first-order valence-corrected chi connectivity index (χ1v) is 5.82. The molecule has 0 unspecified atom stereocenters. The highest BCUT2D eigenvalue weighted by atomic mass is 35.5. The molecule has 3 nitrogen and oxygen atoms in total. The first kappa shape index (κ1) is 18.6. The van der Waals surface area contributed by atoms with Gasteiger partial charge in [0.2, 0.25) is 5.91 Å². The lowest BCUT2D eigenvalue weighted by Gasteiger charge is -2.16. The summed E-state index contributed by atoms with van der Waals surface area (Å²) in [7, 11) is 0. The van der Waals surface area contributed by atoms with Crippen LogP contribution in [0.15, 0.2) is 18.2 Å². The van der Waals surface area contributed by atoms with Crippen LogP contribution in [0.25, 0.3) is 0 Å².